The highest BCUT2D eigenvalue weighted by molar-refractivity contribution is 5.99. The van der Waals surface area contributed by atoms with Crippen molar-refractivity contribution in [2.24, 2.45) is 0 Å². The summed E-state index contributed by atoms with van der Waals surface area (Å²) in [5.74, 6) is 1.25. The van der Waals surface area contributed by atoms with Crippen LogP contribution in [0.15, 0.2) is 35.0 Å². The summed E-state index contributed by atoms with van der Waals surface area (Å²) in [6, 6.07) is 8.41. The zero-order valence-corrected chi connectivity index (χ0v) is 11.8. The number of nitrogens with zero attached hydrogens (tertiary/aromatic N) is 1. The zero-order valence-electron chi connectivity index (χ0n) is 11.8. The van der Waals surface area contributed by atoms with Gasteiger partial charge in [0.2, 0.25) is 0 Å². The molecular formula is C17H19NO2. The number of hydrogen-bond donors (Lipinski definition) is 0. The Hall–Kier alpha value is -1.90. The molecule has 104 valence electrons. The van der Waals surface area contributed by atoms with Crippen LogP contribution in [-0.2, 0) is 0 Å². The van der Waals surface area contributed by atoms with Crippen LogP contribution < -0.4 is 0 Å². The van der Waals surface area contributed by atoms with Gasteiger partial charge in [-0.1, -0.05) is 48.7 Å². The van der Waals surface area contributed by atoms with Crippen LogP contribution in [-0.4, -0.2) is 10.9 Å². The highest BCUT2D eigenvalue weighted by Crippen LogP contribution is 2.34. The summed E-state index contributed by atoms with van der Waals surface area (Å²) in [6.07, 6.45) is 8.12. The van der Waals surface area contributed by atoms with Gasteiger partial charge in [-0.25, -0.2) is 0 Å². The molecule has 0 atom stereocenters. The molecule has 0 radical (unpaired) electrons. The summed E-state index contributed by atoms with van der Waals surface area (Å²) in [5.41, 5.74) is 2.88. The molecule has 20 heavy (non-hydrogen) atoms. The predicted octanol–water partition coefficient (Wildman–Crippen LogP) is 4.59. The quantitative estimate of drug-likeness (QED) is 0.765. The highest BCUT2D eigenvalue weighted by Gasteiger charge is 2.17. The summed E-state index contributed by atoms with van der Waals surface area (Å²) in [5, 5.41) is 3.74. The van der Waals surface area contributed by atoms with Gasteiger partial charge < -0.3 is 4.52 Å². The topological polar surface area (TPSA) is 43.1 Å². The van der Waals surface area contributed by atoms with Gasteiger partial charge in [-0.15, -0.1) is 0 Å². The third-order valence-electron chi connectivity index (χ3n) is 4.20. The smallest absolute Gasteiger partial charge is 0.177 e. The fourth-order valence-electron chi connectivity index (χ4n) is 3.04. The SMILES string of the molecule is CC(=O)c1cnoc1-c1ccc(C2CCCCC2)cc1. The van der Waals surface area contributed by atoms with E-state index in [1.54, 1.807) is 0 Å². The minimum absolute atomic E-state index is 0.0161. The Balaban J connectivity index is 1.85. The third kappa shape index (κ3) is 2.53. The zero-order chi connectivity index (χ0) is 13.9. The second-order valence-electron chi connectivity index (χ2n) is 5.58. The molecular weight excluding hydrogens is 250 g/mol. The second-order valence-corrected chi connectivity index (χ2v) is 5.58. The fourth-order valence-corrected chi connectivity index (χ4v) is 3.04. The van der Waals surface area contributed by atoms with E-state index in [1.165, 1.54) is 50.8 Å². The first kappa shape index (κ1) is 13.1. The van der Waals surface area contributed by atoms with Crippen molar-refractivity contribution in [1.82, 2.24) is 5.16 Å². The molecule has 3 rings (SSSR count). The number of benzene rings is 1. The van der Waals surface area contributed by atoms with Crippen molar-refractivity contribution in [2.45, 2.75) is 44.9 Å². The second kappa shape index (κ2) is 5.61. The molecule has 3 heteroatoms. The van der Waals surface area contributed by atoms with Gasteiger partial charge in [0, 0.05) is 5.56 Å². The molecule has 1 aliphatic carbocycles. The largest absolute Gasteiger partial charge is 0.356 e. The molecule has 0 N–H and O–H groups in total. The van der Waals surface area contributed by atoms with E-state index >= 15 is 0 Å². The van der Waals surface area contributed by atoms with Crippen LogP contribution in [0, 0.1) is 0 Å². The minimum Gasteiger partial charge on any atom is -0.356 e. The highest BCUT2D eigenvalue weighted by atomic mass is 16.5. The van der Waals surface area contributed by atoms with E-state index < -0.39 is 0 Å². The molecule has 0 amide bonds. The van der Waals surface area contributed by atoms with E-state index in [0.29, 0.717) is 17.2 Å². The Morgan fingerprint density at radius 1 is 1.15 bits per heavy atom. The first-order chi connectivity index (χ1) is 9.75. The molecule has 1 aromatic carbocycles. The standard InChI is InChI=1S/C17H19NO2/c1-12(19)16-11-18-20-17(16)15-9-7-14(8-10-15)13-5-3-2-4-6-13/h7-11,13H,2-6H2,1H3. The molecule has 1 heterocycles. The van der Waals surface area contributed by atoms with Gasteiger partial charge in [-0.05, 0) is 31.2 Å². The van der Waals surface area contributed by atoms with Crippen molar-refractivity contribution in [3.8, 4) is 11.3 Å². The molecule has 0 unspecified atom stereocenters. The predicted molar refractivity (Wildman–Crippen MR) is 77.8 cm³/mol. The van der Waals surface area contributed by atoms with Gasteiger partial charge in [0.05, 0.1) is 11.8 Å². The van der Waals surface area contributed by atoms with Crippen LogP contribution in [0.3, 0.4) is 0 Å². The van der Waals surface area contributed by atoms with Gasteiger partial charge in [0.25, 0.3) is 0 Å². The van der Waals surface area contributed by atoms with Crippen LogP contribution in [0.25, 0.3) is 11.3 Å². The van der Waals surface area contributed by atoms with E-state index in [0.717, 1.165) is 5.56 Å². The lowest BCUT2D eigenvalue weighted by atomic mass is 9.84. The molecule has 2 aromatic rings. The lowest BCUT2D eigenvalue weighted by Crippen LogP contribution is -2.04. The fraction of sp³-hybridized carbons (Fsp3) is 0.412. The maximum absolute atomic E-state index is 11.5. The van der Waals surface area contributed by atoms with E-state index in [-0.39, 0.29) is 5.78 Å². The maximum Gasteiger partial charge on any atom is 0.177 e. The number of ketones is 1. The summed E-state index contributed by atoms with van der Waals surface area (Å²) >= 11 is 0. The van der Waals surface area contributed by atoms with E-state index in [9.17, 15) is 4.79 Å². The van der Waals surface area contributed by atoms with Crippen molar-refractivity contribution in [3.63, 3.8) is 0 Å². The van der Waals surface area contributed by atoms with Crippen LogP contribution >= 0.6 is 0 Å². The average molecular weight is 269 g/mol. The number of aromatic nitrogens is 1. The van der Waals surface area contributed by atoms with Crippen molar-refractivity contribution in [1.29, 1.82) is 0 Å². The monoisotopic (exact) mass is 269 g/mol. The van der Waals surface area contributed by atoms with Crippen molar-refractivity contribution >= 4 is 5.78 Å². The van der Waals surface area contributed by atoms with Gasteiger partial charge in [-0.3, -0.25) is 4.79 Å². The van der Waals surface area contributed by atoms with E-state index in [4.69, 9.17) is 4.52 Å². The van der Waals surface area contributed by atoms with Crippen LogP contribution in [0.4, 0.5) is 0 Å². The van der Waals surface area contributed by atoms with Crippen molar-refractivity contribution in [2.75, 3.05) is 0 Å². The number of Topliss-reactive ketones (excluding diaryl/α,β-unsaturated/α-hetero) is 1. The maximum atomic E-state index is 11.5. The van der Waals surface area contributed by atoms with E-state index in [2.05, 4.69) is 17.3 Å². The lowest BCUT2D eigenvalue weighted by Gasteiger charge is -2.21. The van der Waals surface area contributed by atoms with Gasteiger partial charge in [-0.2, -0.15) is 0 Å². The van der Waals surface area contributed by atoms with Gasteiger partial charge in [0.15, 0.2) is 11.5 Å². The number of carbonyl (C=O) groups excluding carboxylic acids is 1. The molecule has 3 nitrogen and oxygen atoms in total. The lowest BCUT2D eigenvalue weighted by molar-refractivity contribution is 0.101. The van der Waals surface area contributed by atoms with Crippen LogP contribution in [0.2, 0.25) is 0 Å². The molecule has 1 aliphatic rings. The Labute approximate surface area is 119 Å². The summed E-state index contributed by atoms with van der Waals surface area (Å²) in [7, 11) is 0. The Bertz CT molecular complexity index is 592. The third-order valence-corrected chi connectivity index (χ3v) is 4.20. The summed E-state index contributed by atoms with van der Waals surface area (Å²) < 4.78 is 5.23. The minimum atomic E-state index is -0.0161. The summed E-state index contributed by atoms with van der Waals surface area (Å²) in [6.45, 7) is 1.53. The molecule has 1 aromatic heterocycles. The number of rotatable bonds is 3. The van der Waals surface area contributed by atoms with E-state index in [1.807, 2.05) is 12.1 Å². The van der Waals surface area contributed by atoms with Crippen molar-refractivity contribution < 1.29 is 9.32 Å². The number of carbonyl (C=O) groups is 1. The molecule has 0 aliphatic heterocycles. The normalized spacial score (nSPS) is 16.2. The Morgan fingerprint density at radius 2 is 1.85 bits per heavy atom. The average Bonchev–Trinajstić information content (AvgIpc) is 2.98. The first-order valence-corrected chi connectivity index (χ1v) is 7.31. The van der Waals surface area contributed by atoms with Crippen molar-refractivity contribution in [3.05, 3.63) is 41.6 Å². The van der Waals surface area contributed by atoms with Crippen LogP contribution in [0.5, 0.6) is 0 Å². The molecule has 0 spiro atoms. The molecule has 0 saturated heterocycles. The molecule has 1 fully saturated rings. The summed E-state index contributed by atoms with van der Waals surface area (Å²) in [4.78, 5) is 11.5. The van der Waals surface area contributed by atoms with Crippen LogP contribution in [0.1, 0.15) is 60.9 Å². The Morgan fingerprint density at radius 3 is 2.50 bits per heavy atom. The van der Waals surface area contributed by atoms with Gasteiger partial charge in [0.1, 0.15) is 0 Å². The molecule has 1 saturated carbocycles. The first-order valence-electron chi connectivity index (χ1n) is 7.31. The Kier molecular flexibility index (Phi) is 3.68. The van der Waals surface area contributed by atoms with Gasteiger partial charge >= 0.3 is 0 Å². The molecule has 0 bridgehead atoms. The number of hydrogen-bond acceptors (Lipinski definition) is 3.